The molecule has 0 unspecified atom stereocenters. The van der Waals surface area contributed by atoms with E-state index in [0.717, 1.165) is 22.4 Å². The van der Waals surface area contributed by atoms with E-state index in [2.05, 4.69) is 26.7 Å². The lowest BCUT2D eigenvalue weighted by molar-refractivity contribution is 0.322. The van der Waals surface area contributed by atoms with Crippen molar-refractivity contribution in [3.63, 3.8) is 0 Å². The van der Waals surface area contributed by atoms with Crippen molar-refractivity contribution in [3.05, 3.63) is 79.2 Å². The molecule has 0 N–H and O–H groups in total. The standard InChI is InChI=1S/C18H15N3O.C4H6N2/c1-2-3-9-17-13-20-18(22-21-17)15-7-4-6-14(11-15)16-8-5-10-19-12-16;1-6-4-2-3-5/h2-12H,1,13H2;4H,2H2,1H3/b9-3+;. The molecule has 2 aromatic rings. The lowest BCUT2D eigenvalue weighted by atomic mass is 10.0. The molecule has 140 valence electrons. The van der Waals surface area contributed by atoms with Crippen LogP contribution in [0.2, 0.25) is 0 Å². The predicted octanol–water partition coefficient (Wildman–Crippen LogP) is 4.22. The Morgan fingerprint density at radius 2 is 2.07 bits per heavy atom. The van der Waals surface area contributed by atoms with Gasteiger partial charge in [0.25, 0.3) is 5.90 Å². The van der Waals surface area contributed by atoms with Gasteiger partial charge in [-0.05, 0) is 29.8 Å². The zero-order valence-electron chi connectivity index (χ0n) is 15.7. The Hall–Kier alpha value is -3.85. The molecule has 0 saturated carbocycles. The molecule has 3 rings (SSSR count). The van der Waals surface area contributed by atoms with Gasteiger partial charge >= 0.3 is 0 Å². The van der Waals surface area contributed by atoms with Crippen LogP contribution in [0.25, 0.3) is 11.1 Å². The van der Waals surface area contributed by atoms with E-state index in [9.17, 15) is 0 Å². The summed E-state index contributed by atoms with van der Waals surface area (Å²) in [6.07, 6.45) is 10.9. The number of nitrogens with zero attached hydrogens (tertiary/aromatic N) is 5. The summed E-state index contributed by atoms with van der Waals surface area (Å²) in [6, 6.07) is 13.8. The molecule has 2 heterocycles. The number of aliphatic imine (C=N–C) groups is 2. The Balaban J connectivity index is 0.000000409. The minimum Gasteiger partial charge on any atom is -0.336 e. The molecule has 0 atom stereocenters. The van der Waals surface area contributed by atoms with Crippen LogP contribution in [0.4, 0.5) is 0 Å². The third kappa shape index (κ3) is 6.46. The van der Waals surface area contributed by atoms with Crippen LogP contribution in [0.5, 0.6) is 0 Å². The molecule has 1 aromatic carbocycles. The van der Waals surface area contributed by atoms with Crippen LogP contribution in [0.3, 0.4) is 0 Å². The molecular formula is C22H21N5O. The van der Waals surface area contributed by atoms with E-state index in [1.165, 1.54) is 0 Å². The van der Waals surface area contributed by atoms with Gasteiger partial charge in [0.05, 0.1) is 19.0 Å². The zero-order valence-corrected chi connectivity index (χ0v) is 15.7. The fraction of sp³-hybridized carbons (Fsp3) is 0.136. The van der Waals surface area contributed by atoms with Crippen molar-refractivity contribution >= 4 is 17.8 Å². The maximum absolute atomic E-state index is 7.86. The highest BCUT2D eigenvalue weighted by atomic mass is 16.6. The van der Waals surface area contributed by atoms with Crippen molar-refractivity contribution in [2.75, 3.05) is 13.6 Å². The molecule has 1 aromatic heterocycles. The number of pyridine rings is 1. The summed E-state index contributed by atoms with van der Waals surface area (Å²) in [6.45, 7) is 4.12. The van der Waals surface area contributed by atoms with Gasteiger partial charge in [0, 0.05) is 36.8 Å². The van der Waals surface area contributed by atoms with E-state index in [1.807, 2.05) is 60.8 Å². The van der Waals surface area contributed by atoms with Gasteiger partial charge in [-0.3, -0.25) is 9.98 Å². The monoisotopic (exact) mass is 371 g/mol. The van der Waals surface area contributed by atoms with Crippen molar-refractivity contribution in [1.29, 1.82) is 5.26 Å². The molecule has 0 saturated heterocycles. The smallest absolute Gasteiger partial charge is 0.251 e. The van der Waals surface area contributed by atoms with Crippen LogP contribution in [0.15, 0.2) is 88.7 Å². The average Bonchev–Trinajstić information content (AvgIpc) is 2.78. The predicted molar refractivity (Wildman–Crippen MR) is 114 cm³/mol. The zero-order chi connectivity index (χ0) is 20.0. The fourth-order valence-corrected chi connectivity index (χ4v) is 2.22. The second-order valence-corrected chi connectivity index (χ2v) is 5.52. The first kappa shape index (κ1) is 20.5. The summed E-state index contributed by atoms with van der Waals surface area (Å²) in [5.74, 6) is 0.529. The quantitative estimate of drug-likeness (QED) is 0.582. The molecular weight excluding hydrogens is 350 g/mol. The van der Waals surface area contributed by atoms with Gasteiger partial charge in [-0.25, -0.2) is 4.99 Å². The fourth-order valence-electron chi connectivity index (χ4n) is 2.22. The highest BCUT2D eigenvalue weighted by Crippen LogP contribution is 2.20. The molecule has 6 nitrogen and oxygen atoms in total. The Bertz CT molecular complexity index is 937. The molecule has 1 aliphatic rings. The average molecular weight is 371 g/mol. The summed E-state index contributed by atoms with van der Waals surface area (Å²) in [5.41, 5.74) is 3.79. The maximum atomic E-state index is 7.86. The minimum atomic E-state index is 0.427. The van der Waals surface area contributed by atoms with Crippen molar-refractivity contribution in [2.45, 2.75) is 6.42 Å². The van der Waals surface area contributed by atoms with E-state index in [0.29, 0.717) is 18.9 Å². The van der Waals surface area contributed by atoms with Gasteiger partial charge in [0.1, 0.15) is 5.71 Å². The van der Waals surface area contributed by atoms with Gasteiger partial charge in [-0.15, -0.1) is 0 Å². The molecule has 0 amide bonds. The van der Waals surface area contributed by atoms with E-state index < -0.39 is 0 Å². The lowest BCUT2D eigenvalue weighted by Crippen LogP contribution is -2.14. The van der Waals surface area contributed by atoms with E-state index in [4.69, 9.17) is 10.1 Å². The van der Waals surface area contributed by atoms with Crippen LogP contribution in [0, 0.1) is 11.3 Å². The summed E-state index contributed by atoms with van der Waals surface area (Å²) in [4.78, 5) is 17.6. The highest BCUT2D eigenvalue weighted by Gasteiger charge is 2.12. The molecule has 1 aliphatic heterocycles. The van der Waals surface area contributed by atoms with E-state index in [-0.39, 0.29) is 0 Å². The van der Waals surface area contributed by atoms with Crippen LogP contribution in [-0.2, 0) is 4.84 Å². The number of nitriles is 1. The van der Waals surface area contributed by atoms with Crippen molar-refractivity contribution in [3.8, 4) is 17.2 Å². The first-order valence-electron chi connectivity index (χ1n) is 8.64. The molecule has 0 aliphatic carbocycles. The summed E-state index contributed by atoms with van der Waals surface area (Å²) in [5, 5.41) is 11.9. The third-order valence-corrected chi connectivity index (χ3v) is 3.53. The summed E-state index contributed by atoms with van der Waals surface area (Å²) < 4.78 is 0. The van der Waals surface area contributed by atoms with E-state index >= 15 is 0 Å². The number of aromatic nitrogens is 1. The molecule has 0 bridgehead atoms. The second-order valence-electron chi connectivity index (χ2n) is 5.52. The number of allylic oxidation sites excluding steroid dienone is 2. The molecule has 0 fully saturated rings. The van der Waals surface area contributed by atoms with Crippen LogP contribution in [0.1, 0.15) is 12.0 Å². The largest absolute Gasteiger partial charge is 0.336 e. The topological polar surface area (TPSA) is 83.0 Å². The van der Waals surface area contributed by atoms with Crippen molar-refractivity contribution in [2.24, 2.45) is 15.1 Å². The molecule has 0 spiro atoms. The molecule has 0 radical (unpaired) electrons. The SMILES string of the molecule is C=C/C=C/C1=NOC(c2cccc(-c3cccnc3)c2)=NC1.CN=CCC#N. The first-order chi connectivity index (χ1) is 13.8. The number of hydrogen-bond acceptors (Lipinski definition) is 6. The van der Waals surface area contributed by atoms with Gasteiger partial charge in [0.15, 0.2) is 0 Å². The van der Waals surface area contributed by atoms with Gasteiger partial charge in [-0.1, -0.05) is 42.1 Å². The maximum Gasteiger partial charge on any atom is 0.251 e. The van der Waals surface area contributed by atoms with Crippen molar-refractivity contribution in [1.82, 2.24) is 4.98 Å². The first-order valence-corrected chi connectivity index (χ1v) is 8.64. The van der Waals surface area contributed by atoms with Gasteiger partial charge in [-0.2, -0.15) is 5.26 Å². The normalized spacial score (nSPS) is 13.0. The van der Waals surface area contributed by atoms with Crippen molar-refractivity contribution < 1.29 is 4.84 Å². The Morgan fingerprint density at radius 3 is 2.68 bits per heavy atom. The molecule has 28 heavy (non-hydrogen) atoms. The van der Waals surface area contributed by atoms with Crippen LogP contribution < -0.4 is 0 Å². The Morgan fingerprint density at radius 1 is 1.25 bits per heavy atom. The van der Waals surface area contributed by atoms with Gasteiger partial charge < -0.3 is 4.84 Å². The molecule has 6 heteroatoms. The number of oxime groups is 1. The lowest BCUT2D eigenvalue weighted by Gasteiger charge is -2.11. The summed E-state index contributed by atoms with van der Waals surface area (Å²) in [7, 11) is 1.65. The van der Waals surface area contributed by atoms with Crippen LogP contribution >= 0.6 is 0 Å². The third-order valence-electron chi connectivity index (χ3n) is 3.53. The van der Waals surface area contributed by atoms with E-state index in [1.54, 1.807) is 25.5 Å². The number of hydrogen-bond donors (Lipinski definition) is 0. The van der Waals surface area contributed by atoms with Crippen LogP contribution in [-0.4, -0.2) is 36.4 Å². The highest BCUT2D eigenvalue weighted by molar-refractivity contribution is 6.03. The Kier molecular flexibility index (Phi) is 8.55. The minimum absolute atomic E-state index is 0.427. The Labute approximate surface area is 164 Å². The number of benzene rings is 1. The number of rotatable bonds is 5. The summed E-state index contributed by atoms with van der Waals surface area (Å²) >= 11 is 0. The van der Waals surface area contributed by atoms with Gasteiger partial charge in [0.2, 0.25) is 0 Å². The second kappa shape index (κ2) is 11.7.